The second kappa shape index (κ2) is 16.6. The third-order valence-electron chi connectivity index (χ3n) is 6.01. The summed E-state index contributed by atoms with van der Waals surface area (Å²) in [5.74, 6) is -2.88. The van der Waals surface area contributed by atoms with Crippen LogP contribution in [0.15, 0.2) is 76.5 Å². The number of nitrogens with one attached hydrogen (secondary N) is 3. The van der Waals surface area contributed by atoms with Gasteiger partial charge >= 0.3 is 29.9 Å². The molecule has 3 heterocycles. The Morgan fingerprint density at radius 3 is 2.22 bits per heavy atom. The van der Waals surface area contributed by atoms with Crippen molar-refractivity contribution in [3.8, 4) is 0 Å². The number of aryl methyl sites for hydroxylation is 1. The van der Waals surface area contributed by atoms with Gasteiger partial charge in [0, 0.05) is 31.0 Å². The first kappa shape index (κ1) is 35.0. The number of rotatable bonds is 12. The lowest BCUT2D eigenvalue weighted by molar-refractivity contribution is -0.192. The molecule has 0 unspecified atom stereocenters. The Morgan fingerprint density at radius 1 is 1.00 bits per heavy atom. The van der Waals surface area contributed by atoms with Crippen LogP contribution in [0.4, 0.5) is 29.6 Å². The van der Waals surface area contributed by atoms with Crippen LogP contribution in [0.1, 0.15) is 22.3 Å². The number of benzene rings is 1. The normalized spacial score (nSPS) is 11.4. The van der Waals surface area contributed by atoms with Crippen LogP contribution in [0.5, 0.6) is 0 Å². The number of halogens is 3. The van der Waals surface area contributed by atoms with Gasteiger partial charge in [-0.25, -0.2) is 24.2 Å². The number of aromatic nitrogens is 3. The molecule has 0 fully saturated rings. The lowest BCUT2D eigenvalue weighted by Gasteiger charge is -2.17. The maximum atomic E-state index is 12.7. The summed E-state index contributed by atoms with van der Waals surface area (Å²) >= 11 is 1.58. The van der Waals surface area contributed by atoms with Gasteiger partial charge in [0.1, 0.15) is 24.3 Å². The van der Waals surface area contributed by atoms with Gasteiger partial charge in [-0.05, 0) is 46.5 Å². The van der Waals surface area contributed by atoms with Crippen LogP contribution in [-0.4, -0.2) is 55.0 Å². The number of carboxylic acids is 2. The summed E-state index contributed by atoms with van der Waals surface area (Å²) in [5.41, 5.74) is 2.92. The van der Waals surface area contributed by atoms with Crippen LogP contribution in [0.2, 0.25) is 0 Å². The molecular weight excluding hydrogens is 633 g/mol. The molecular formula is C29H29F3N6O7S. The lowest BCUT2D eigenvalue weighted by atomic mass is 10.2. The largest absolute Gasteiger partial charge is 0.490 e. The van der Waals surface area contributed by atoms with E-state index in [0.29, 0.717) is 24.5 Å². The molecule has 46 heavy (non-hydrogen) atoms. The number of carbonyl (C=O) groups excluding carboxylic acids is 1. The molecule has 17 heteroatoms. The number of hydrogen-bond acceptors (Lipinski definition) is 10. The number of carboxylic acid groups (broad SMARTS) is 2. The molecule has 0 spiro atoms. The molecule has 0 saturated heterocycles. The first-order valence-electron chi connectivity index (χ1n) is 13.3. The smallest absolute Gasteiger partial charge is 0.480 e. The summed E-state index contributed by atoms with van der Waals surface area (Å²) in [6.45, 7) is 2.50. The predicted octanol–water partition coefficient (Wildman–Crippen LogP) is 4.25. The number of carbonyl (C=O) groups is 3. The monoisotopic (exact) mass is 662 g/mol. The van der Waals surface area contributed by atoms with E-state index < -0.39 is 35.9 Å². The number of aliphatic carboxylic acids is 2. The lowest BCUT2D eigenvalue weighted by Crippen LogP contribution is -2.45. The van der Waals surface area contributed by atoms with E-state index in [-0.39, 0.29) is 13.2 Å². The molecule has 4 aromatic rings. The molecule has 0 aliphatic rings. The Morgan fingerprint density at radius 2 is 1.63 bits per heavy atom. The molecule has 5 N–H and O–H groups in total. The zero-order valence-electron chi connectivity index (χ0n) is 24.2. The van der Waals surface area contributed by atoms with Crippen LogP contribution < -0.4 is 21.6 Å². The molecule has 3 aromatic heterocycles. The fraction of sp³-hybridized carbons (Fsp3) is 0.241. The van der Waals surface area contributed by atoms with E-state index in [2.05, 4.69) is 31.3 Å². The third-order valence-corrected chi connectivity index (χ3v) is 6.85. The number of alkyl halides is 3. The van der Waals surface area contributed by atoms with Gasteiger partial charge < -0.3 is 30.9 Å². The van der Waals surface area contributed by atoms with Gasteiger partial charge in [-0.15, -0.1) is 0 Å². The number of nitrogens with zero attached hydrogens (tertiary/aromatic N) is 3. The predicted molar refractivity (Wildman–Crippen MR) is 161 cm³/mol. The van der Waals surface area contributed by atoms with Crippen LogP contribution in [0, 0.1) is 6.92 Å². The van der Waals surface area contributed by atoms with Crippen LogP contribution >= 0.6 is 11.3 Å². The van der Waals surface area contributed by atoms with Gasteiger partial charge in [-0.3, -0.25) is 4.57 Å². The quantitative estimate of drug-likeness (QED) is 0.146. The molecule has 0 bridgehead atoms. The van der Waals surface area contributed by atoms with Gasteiger partial charge in [0.15, 0.2) is 0 Å². The molecule has 0 radical (unpaired) electrons. The van der Waals surface area contributed by atoms with Crippen molar-refractivity contribution >= 4 is 41.0 Å². The number of pyridine rings is 1. The van der Waals surface area contributed by atoms with Crippen LogP contribution in [0.25, 0.3) is 0 Å². The van der Waals surface area contributed by atoms with E-state index in [1.54, 1.807) is 48.7 Å². The van der Waals surface area contributed by atoms with Crippen molar-refractivity contribution in [3.05, 3.63) is 104 Å². The zero-order chi connectivity index (χ0) is 33.7. The second-order valence-electron chi connectivity index (χ2n) is 9.45. The molecule has 0 saturated carbocycles. The highest BCUT2D eigenvalue weighted by molar-refractivity contribution is 7.08. The fourth-order valence-electron chi connectivity index (χ4n) is 3.69. The van der Waals surface area contributed by atoms with Gasteiger partial charge in [0.05, 0.1) is 6.54 Å². The second-order valence-corrected chi connectivity index (χ2v) is 10.2. The number of alkyl carbamates (subject to hydrolysis) is 1. The first-order chi connectivity index (χ1) is 21.8. The van der Waals surface area contributed by atoms with Gasteiger partial charge in [-0.1, -0.05) is 36.4 Å². The molecule has 244 valence electrons. The summed E-state index contributed by atoms with van der Waals surface area (Å²) < 4.78 is 38.0. The van der Waals surface area contributed by atoms with Crippen molar-refractivity contribution in [2.75, 3.05) is 10.6 Å². The minimum absolute atomic E-state index is 0.00889. The Hall–Kier alpha value is -5.45. The minimum Gasteiger partial charge on any atom is -0.480 e. The maximum Gasteiger partial charge on any atom is 0.490 e. The highest BCUT2D eigenvalue weighted by Gasteiger charge is 2.38. The van der Waals surface area contributed by atoms with Crippen LogP contribution in [-0.2, 0) is 40.6 Å². The highest BCUT2D eigenvalue weighted by atomic mass is 32.1. The minimum atomic E-state index is -5.08. The topological polar surface area (TPSA) is 185 Å². The van der Waals surface area contributed by atoms with Crippen molar-refractivity contribution in [3.63, 3.8) is 0 Å². The zero-order valence-corrected chi connectivity index (χ0v) is 25.0. The SMILES string of the molecule is Cc1cn(C[C@H](NC(=O)OCc2ccccc2)C(=O)O)c(=O)nc1NCc1cscc1CNc1ccccn1.O=C(O)C(F)(F)F. The standard InChI is InChI=1S/C27H28N6O5S.C2HF3O2/c1-18-13-33(14-22(25(34)35)31-27(37)38-15-19-7-3-2-4-8-19)26(36)32-24(18)30-12-21-17-39-16-20(21)11-29-23-9-5-6-10-28-23;3-2(4,5)1(6)7/h2-10,13,16-17,22H,11-12,14-15H2,1H3,(H,28,29)(H,31,37)(H,34,35)(H,30,32,36);(H,6,7)/t22-;/m0./s1. The van der Waals surface area contributed by atoms with Gasteiger partial charge in [-0.2, -0.15) is 29.5 Å². The van der Waals surface area contributed by atoms with Crippen molar-refractivity contribution in [1.29, 1.82) is 0 Å². The average Bonchev–Trinajstić information content (AvgIpc) is 3.47. The van der Waals surface area contributed by atoms with Gasteiger partial charge in [0.25, 0.3) is 0 Å². The molecule has 13 nitrogen and oxygen atoms in total. The molecule has 1 atom stereocenters. The van der Waals surface area contributed by atoms with E-state index in [9.17, 15) is 32.7 Å². The fourth-order valence-corrected chi connectivity index (χ4v) is 4.56. The van der Waals surface area contributed by atoms with E-state index in [1.807, 2.05) is 29.6 Å². The molecule has 1 aromatic carbocycles. The molecule has 1 amide bonds. The number of thiophene rings is 1. The maximum absolute atomic E-state index is 12.7. The van der Waals surface area contributed by atoms with Crippen molar-refractivity contribution < 1.29 is 42.5 Å². The molecule has 0 aliphatic heterocycles. The van der Waals surface area contributed by atoms with E-state index in [1.165, 1.54) is 6.20 Å². The average molecular weight is 663 g/mol. The number of hydrogen-bond donors (Lipinski definition) is 5. The Labute approximate surface area is 263 Å². The summed E-state index contributed by atoms with van der Waals surface area (Å²) in [4.78, 5) is 53.9. The van der Waals surface area contributed by atoms with E-state index >= 15 is 0 Å². The number of amides is 1. The summed E-state index contributed by atoms with van der Waals surface area (Å²) in [5, 5.41) is 29.6. The third kappa shape index (κ3) is 11.2. The summed E-state index contributed by atoms with van der Waals surface area (Å²) in [6.07, 6.45) is -2.74. The van der Waals surface area contributed by atoms with Crippen molar-refractivity contribution in [2.24, 2.45) is 0 Å². The number of ether oxygens (including phenoxy) is 1. The molecule has 4 rings (SSSR count). The van der Waals surface area contributed by atoms with Gasteiger partial charge in [0.2, 0.25) is 0 Å². The summed E-state index contributed by atoms with van der Waals surface area (Å²) in [7, 11) is 0. The van der Waals surface area contributed by atoms with Crippen molar-refractivity contribution in [1.82, 2.24) is 19.9 Å². The van der Waals surface area contributed by atoms with Crippen LogP contribution in [0.3, 0.4) is 0 Å². The Kier molecular flexibility index (Phi) is 12.6. The van der Waals surface area contributed by atoms with Crippen molar-refractivity contribution in [2.45, 2.75) is 45.4 Å². The Balaban J connectivity index is 0.000000738. The summed E-state index contributed by atoms with van der Waals surface area (Å²) in [6, 6.07) is 13.3. The number of anilines is 2. The first-order valence-corrected chi connectivity index (χ1v) is 14.3. The highest BCUT2D eigenvalue weighted by Crippen LogP contribution is 2.19. The molecule has 0 aliphatic carbocycles. The Bertz CT molecular complexity index is 1670. The van der Waals surface area contributed by atoms with E-state index in [4.69, 9.17) is 14.6 Å². The van der Waals surface area contributed by atoms with E-state index in [0.717, 1.165) is 27.1 Å².